The first-order valence-corrected chi connectivity index (χ1v) is 12.0. The number of aromatic amines is 1. The van der Waals surface area contributed by atoms with E-state index >= 15 is 0 Å². The Kier molecular flexibility index (Phi) is 5.57. The first kappa shape index (κ1) is 23.3. The lowest BCUT2D eigenvalue weighted by atomic mass is 10.1. The van der Waals surface area contributed by atoms with Gasteiger partial charge >= 0.3 is 0 Å². The van der Waals surface area contributed by atoms with Crippen molar-refractivity contribution in [1.82, 2.24) is 19.4 Å². The second-order valence-corrected chi connectivity index (χ2v) is 9.18. The monoisotopic (exact) mass is 516 g/mol. The summed E-state index contributed by atoms with van der Waals surface area (Å²) in [6, 6.07) is 27.9. The zero-order valence-corrected chi connectivity index (χ0v) is 20.6. The van der Waals surface area contributed by atoms with Crippen LogP contribution in [0.25, 0.3) is 22.6 Å². The van der Waals surface area contributed by atoms with Crippen molar-refractivity contribution in [2.75, 3.05) is 5.73 Å². The van der Waals surface area contributed by atoms with E-state index in [9.17, 15) is 10.1 Å². The largest absolute Gasteiger partial charge is 0.397 e. The Hall–Kier alpha value is -5.10. The average molecular weight is 517 g/mol. The molecule has 0 bridgehead atoms. The summed E-state index contributed by atoms with van der Waals surface area (Å²) in [6.07, 6.45) is 3.27. The van der Waals surface area contributed by atoms with Gasteiger partial charge in [0.1, 0.15) is 11.5 Å². The Labute approximate surface area is 222 Å². The fourth-order valence-electron chi connectivity index (χ4n) is 4.53. The van der Waals surface area contributed by atoms with Gasteiger partial charge in [-0.3, -0.25) is 9.78 Å². The summed E-state index contributed by atoms with van der Waals surface area (Å²) < 4.78 is -0.0770. The van der Waals surface area contributed by atoms with Gasteiger partial charge in [-0.2, -0.15) is 19.7 Å². The van der Waals surface area contributed by atoms with Crippen molar-refractivity contribution in [1.29, 1.82) is 5.26 Å². The molecule has 38 heavy (non-hydrogen) atoms. The maximum atomic E-state index is 13.2. The van der Waals surface area contributed by atoms with E-state index in [0.717, 1.165) is 22.5 Å². The normalized spacial score (nSPS) is 15.7. The van der Waals surface area contributed by atoms with Crippen LogP contribution in [-0.4, -0.2) is 21.3 Å². The molecular formula is C29H19ClN7O+. The number of aromatic nitrogens is 3. The predicted octanol–water partition coefficient (Wildman–Crippen LogP) is 6.25. The number of rotatable bonds is 4. The SMILES string of the molecule is N#Cc1cccc([N+]2(c3ccc(Cl)cc3)C=Nc3c2nc(-c2ccc(-c4ccc(N)cn4)cc2)[nH]c3=O)c1. The quantitative estimate of drug-likeness (QED) is 0.273. The highest BCUT2D eigenvalue weighted by molar-refractivity contribution is 6.30. The molecule has 9 heteroatoms. The lowest BCUT2D eigenvalue weighted by molar-refractivity contribution is 0.757. The van der Waals surface area contributed by atoms with Gasteiger partial charge in [0.2, 0.25) is 12.0 Å². The number of anilines is 1. The molecule has 1 unspecified atom stereocenters. The Balaban J connectivity index is 1.52. The number of benzene rings is 3. The number of hydrogen-bond donors (Lipinski definition) is 2. The van der Waals surface area contributed by atoms with Gasteiger partial charge in [-0.25, -0.2) is 0 Å². The van der Waals surface area contributed by atoms with Gasteiger partial charge in [0.25, 0.3) is 11.4 Å². The number of nitrogen functional groups attached to an aromatic ring is 1. The molecule has 0 spiro atoms. The van der Waals surface area contributed by atoms with Crippen LogP contribution >= 0.6 is 11.6 Å². The minimum absolute atomic E-state index is 0.0770. The molecule has 1 aliphatic rings. The Morgan fingerprint density at radius 2 is 1.68 bits per heavy atom. The molecule has 0 saturated heterocycles. The summed E-state index contributed by atoms with van der Waals surface area (Å²) in [5, 5.41) is 10.1. The van der Waals surface area contributed by atoms with Crippen molar-refractivity contribution in [2.24, 2.45) is 4.99 Å². The van der Waals surface area contributed by atoms with E-state index in [1.54, 1.807) is 48.9 Å². The van der Waals surface area contributed by atoms with E-state index in [2.05, 4.69) is 21.0 Å². The van der Waals surface area contributed by atoms with E-state index in [4.69, 9.17) is 22.3 Å². The molecule has 1 aliphatic heterocycles. The lowest BCUT2D eigenvalue weighted by Gasteiger charge is -2.29. The zero-order chi connectivity index (χ0) is 26.3. The molecule has 0 radical (unpaired) electrons. The number of nitriles is 1. The molecule has 0 saturated carbocycles. The van der Waals surface area contributed by atoms with Gasteiger partial charge in [-0.05, 0) is 30.3 Å². The molecule has 3 heterocycles. The zero-order valence-electron chi connectivity index (χ0n) is 19.8. The van der Waals surface area contributed by atoms with Crippen molar-refractivity contribution in [3.63, 3.8) is 0 Å². The van der Waals surface area contributed by atoms with Crippen molar-refractivity contribution in [3.8, 4) is 28.7 Å². The predicted molar refractivity (Wildman–Crippen MR) is 150 cm³/mol. The molecule has 0 aliphatic carbocycles. The minimum Gasteiger partial charge on any atom is -0.397 e. The third-order valence-corrected chi connectivity index (χ3v) is 6.68. The number of nitrogens with two attached hydrogens (primary N) is 1. The van der Waals surface area contributed by atoms with E-state index in [0.29, 0.717) is 33.6 Å². The molecule has 8 nitrogen and oxygen atoms in total. The molecule has 6 rings (SSSR count). The van der Waals surface area contributed by atoms with Crippen LogP contribution in [0.4, 0.5) is 28.6 Å². The summed E-state index contributed by atoms with van der Waals surface area (Å²) in [5.41, 5.74) is 10.5. The van der Waals surface area contributed by atoms with E-state index in [1.165, 1.54) is 0 Å². The highest BCUT2D eigenvalue weighted by atomic mass is 35.5. The molecule has 3 N–H and O–H groups in total. The van der Waals surface area contributed by atoms with Gasteiger partial charge in [-0.15, -0.1) is 0 Å². The number of nitrogens with zero attached hydrogens (tertiary/aromatic N) is 5. The number of aliphatic imine (C=N–C) groups is 1. The van der Waals surface area contributed by atoms with Crippen LogP contribution in [0, 0.1) is 11.3 Å². The maximum absolute atomic E-state index is 13.2. The number of nitrogens with one attached hydrogen (secondary N) is 1. The second kappa shape index (κ2) is 9.09. The summed E-state index contributed by atoms with van der Waals surface area (Å²) >= 11 is 6.19. The fourth-order valence-corrected chi connectivity index (χ4v) is 4.65. The van der Waals surface area contributed by atoms with Gasteiger partial charge in [0.05, 0.1) is 29.2 Å². The minimum atomic E-state index is -0.365. The number of quaternary nitrogens is 1. The van der Waals surface area contributed by atoms with E-state index in [1.807, 2.05) is 48.5 Å². The van der Waals surface area contributed by atoms with Crippen LogP contribution in [0.15, 0.2) is 101 Å². The summed E-state index contributed by atoms with van der Waals surface area (Å²) in [7, 11) is 0. The summed E-state index contributed by atoms with van der Waals surface area (Å²) in [5.74, 6) is 0.814. The first-order chi connectivity index (χ1) is 18.5. The number of hydrogen-bond acceptors (Lipinski definition) is 6. The highest BCUT2D eigenvalue weighted by Gasteiger charge is 2.45. The lowest BCUT2D eigenvalue weighted by Crippen LogP contribution is -2.36. The van der Waals surface area contributed by atoms with Gasteiger partial charge in [-0.1, -0.05) is 41.9 Å². The molecule has 1 atom stereocenters. The molecule has 182 valence electrons. The Morgan fingerprint density at radius 1 is 0.921 bits per heavy atom. The molecule has 3 aromatic carbocycles. The summed E-state index contributed by atoms with van der Waals surface area (Å²) in [4.78, 5) is 29.9. The van der Waals surface area contributed by atoms with Crippen LogP contribution < -0.4 is 15.8 Å². The smallest absolute Gasteiger partial charge is 0.283 e. The average Bonchev–Trinajstić information content (AvgIpc) is 3.35. The number of pyridine rings is 1. The van der Waals surface area contributed by atoms with Crippen molar-refractivity contribution < 1.29 is 0 Å². The molecule has 0 amide bonds. The van der Waals surface area contributed by atoms with Crippen molar-refractivity contribution in [2.45, 2.75) is 0 Å². The van der Waals surface area contributed by atoms with Crippen LogP contribution in [0.1, 0.15) is 5.56 Å². The van der Waals surface area contributed by atoms with E-state index < -0.39 is 0 Å². The first-order valence-electron chi connectivity index (χ1n) is 11.7. The van der Waals surface area contributed by atoms with Crippen molar-refractivity contribution in [3.05, 3.63) is 112 Å². The van der Waals surface area contributed by atoms with Gasteiger partial charge < -0.3 is 10.7 Å². The molecule has 0 fully saturated rings. The molecular weight excluding hydrogens is 498 g/mol. The third-order valence-electron chi connectivity index (χ3n) is 6.43. The highest BCUT2D eigenvalue weighted by Crippen LogP contribution is 2.48. The van der Waals surface area contributed by atoms with Gasteiger partial charge in [0.15, 0.2) is 5.69 Å². The standard InChI is InChI=1S/C29H18ClN7O/c30-21-8-11-23(12-9-21)37(24-3-1-2-18(14-24)15-31)17-34-26-28(37)35-27(36-29(26)38)20-6-4-19(5-7-20)25-13-10-22(32)16-33-25/h1-14,16-17H,(H2-,32,35,36,38)/p+1. The van der Waals surface area contributed by atoms with Crippen LogP contribution in [0.2, 0.25) is 5.02 Å². The number of H-pyrrole nitrogens is 1. The fraction of sp³-hybridized carbons (Fsp3) is 0. The van der Waals surface area contributed by atoms with Crippen molar-refractivity contribution >= 4 is 46.5 Å². The third kappa shape index (κ3) is 3.83. The maximum Gasteiger partial charge on any atom is 0.283 e. The number of fused-ring (bicyclic) bond motifs is 1. The summed E-state index contributed by atoms with van der Waals surface area (Å²) in [6.45, 7) is 0. The van der Waals surface area contributed by atoms with Crippen LogP contribution in [0.3, 0.4) is 0 Å². The Bertz CT molecular complexity index is 1810. The molecule has 5 aromatic rings. The topological polar surface area (TPSA) is 121 Å². The van der Waals surface area contributed by atoms with Gasteiger partial charge in [0, 0.05) is 40.4 Å². The number of halogens is 1. The second-order valence-electron chi connectivity index (χ2n) is 8.75. The van der Waals surface area contributed by atoms with Crippen LogP contribution in [-0.2, 0) is 0 Å². The molecule has 2 aromatic heterocycles. The Morgan fingerprint density at radius 3 is 2.39 bits per heavy atom. The van der Waals surface area contributed by atoms with E-state index in [-0.39, 0.29) is 15.7 Å². The van der Waals surface area contributed by atoms with Crippen LogP contribution in [0.5, 0.6) is 0 Å².